The van der Waals surface area contributed by atoms with Crippen LogP contribution in [0.3, 0.4) is 0 Å². The number of furan rings is 1. The number of rotatable bonds is 4. The SMILES string of the molecule is Cc1c(COC(=O)c2ccc3c(c2)CCN3S(C)(=O)=O)oc2ccccc12. The largest absolute Gasteiger partial charge is 0.457 e. The van der Waals surface area contributed by atoms with Crippen LogP contribution in [0.2, 0.25) is 0 Å². The summed E-state index contributed by atoms with van der Waals surface area (Å²) in [6, 6.07) is 12.6. The molecule has 6 nitrogen and oxygen atoms in total. The number of hydrogen-bond donors (Lipinski definition) is 0. The van der Waals surface area contributed by atoms with Gasteiger partial charge < -0.3 is 9.15 Å². The van der Waals surface area contributed by atoms with E-state index < -0.39 is 16.0 Å². The van der Waals surface area contributed by atoms with Crippen molar-refractivity contribution in [2.75, 3.05) is 17.1 Å². The maximum Gasteiger partial charge on any atom is 0.338 e. The van der Waals surface area contributed by atoms with E-state index in [1.54, 1.807) is 18.2 Å². The molecule has 0 saturated heterocycles. The highest BCUT2D eigenvalue weighted by Gasteiger charge is 2.27. The third kappa shape index (κ3) is 3.19. The molecule has 0 spiro atoms. The maximum atomic E-state index is 12.4. The smallest absolute Gasteiger partial charge is 0.338 e. The third-order valence-electron chi connectivity index (χ3n) is 4.85. The Bertz CT molecular complexity index is 1150. The van der Waals surface area contributed by atoms with Crippen LogP contribution in [0, 0.1) is 6.92 Å². The number of carbonyl (C=O) groups is 1. The van der Waals surface area contributed by atoms with Crippen molar-refractivity contribution in [1.82, 2.24) is 0 Å². The molecule has 0 unspecified atom stereocenters. The van der Waals surface area contributed by atoms with Gasteiger partial charge in [0, 0.05) is 17.5 Å². The standard InChI is InChI=1S/C20H19NO5S/c1-13-16-5-3-4-6-18(16)26-19(13)12-25-20(22)15-7-8-17-14(11-15)9-10-21(17)27(2,23)24/h3-8,11H,9-10,12H2,1-2H3. The molecule has 4 rings (SSSR count). The molecule has 0 bridgehead atoms. The number of carbonyl (C=O) groups excluding carboxylic acids is 1. The van der Waals surface area contributed by atoms with Crippen molar-refractivity contribution in [3.05, 3.63) is 64.9 Å². The highest BCUT2D eigenvalue weighted by Crippen LogP contribution is 2.31. The molecule has 0 N–H and O–H groups in total. The number of para-hydroxylation sites is 1. The molecule has 1 aliphatic rings. The maximum absolute atomic E-state index is 12.4. The molecule has 140 valence electrons. The van der Waals surface area contributed by atoms with E-state index in [4.69, 9.17) is 9.15 Å². The van der Waals surface area contributed by atoms with Gasteiger partial charge in [0.1, 0.15) is 18.0 Å². The van der Waals surface area contributed by atoms with Gasteiger partial charge in [-0.3, -0.25) is 4.31 Å². The van der Waals surface area contributed by atoms with Crippen molar-refractivity contribution in [3.63, 3.8) is 0 Å². The summed E-state index contributed by atoms with van der Waals surface area (Å²) in [5, 5.41) is 1.00. The molecule has 7 heteroatoms. The Kier molecular flexibility index (Phi) is 4.19. The van der Waals surface area contributed by atoms with Crippen LogP contribution in [0.15, 0.2) is 46.9 Å². The van der Waals surface area contributed by atoms with Crippen molar-refractivity contribution in [1.29, 1.82) is 0 Å². The first-order valence-corrected chi connectivity index (χ1v) is 10.4. The Balaban J connectivity index is 1.51. The van der Waals surface area contributed by atoms with Gasteiger partial charge in [-0.05, 0) is 43.2 Å². The molecule has 2 aromatic carbocycles. The Hall–Kier alpha value is -2.80. The quantitative estimate of drug-likeness (QED) is 0.643. The lowest BCUT2D eigenvalue weighted by atomic mass is 10.1. The van der Waals surface area contributed by atoms with Crippen LogP contribution in [0.5, 0.6) is 0 Å². The number of fused-ring (bicyclic) bond motifs is 2. The fourth-order valence-electron chi connectivity index (χ4n) is 3.42. The van der Waals surface area contributed by atoms with Crippen molar-refractivity contribution in [3.8, 4) is 0 Å². The number of aryl methyl sites for hydroxylation is 1. The predicted molar refractivity (Wildman–Crippen MR) is 102 cm³/mol. The van der Waals surface area contributed by atoms with Gasteiger partial charge in [-0.2, -0.15) is 0 Å². The van der Waals surface area contributed by atoms with Crippen LogP contribution in [-0.4, -0.2) is 27.2 Å². The van der Waals surface area contributed by atoms with Gasteiger partial charge in [0.05, 0.1) is 17.5 Å². The van der Waals surface area contributed by atoms with E-state index in [2.05, 4.69) is 0 Å². The lowest BCUT2D eigenvalue weighted by molar-refractivity contribution is 0.0446. The number of hydrogen-bond acceptors (Lipinski definition) is 5. The summed E-state index contributed by atoms with van der Waals surface area (Å²) in [6.07, 6.45) is 1.76. The molecule has 0 saturated carbocycles. The van der Waals surface area contributed by atoms with Gasteiger partial charge in [0.25, 0.3) is 0 Å². The number of nitrogens with zero attached hydrogens (tertiary/aromatic N) is 1. The van der Waals surface area contributed by atoms with Crippen LogP contribution in [-0.2, 0) is 27.8 Å². The highest BCUT2D eigenvalue weighted by molar-refractivity contribution is 7.92. The van der Waals surface area contributed by atoms with E-state index in [0.29, 0.717) is 30.0 Å². The van der Waals surface area contributed by atoms with E-state index in [9.17, 15) is 13.2 Å². The fraction of sp³-hybridized carbons (Fsp3) is 0.250. The Morgan fingerprint density at radius 1 is 1.22 bits per heavy atom. The first-order valence-electron chi connectivity index (χ1n) is 8.59. The zero-order valence-electron chi connectivity index (χ0n) is 15.1. The molecule has 0 atom stereocenters. The van der Waals surface area contributed by atoms with Crippen LogP contribution in [0.4, 0.5) is 5.69 Å². The van der Waals surface area contributed by atoms with Crippen molar-refractivity contribution >= 4 is 32.6 Å². The Morgan fingerprint density at radius 2 is 2.00 bits per heavy atom. The summed E-state index contributed by atoms with van der Waals surface area (Å²) in [6.45, 7) is 2.38. The second-order valence-electron chi connectivity index (χ2n) is 6.65. The van der Waals surface area contributed by atoms with Crippen LogP contribution >= 0.6 is 0 Å². The summed E-state index contributed by atoms with van der Waals surface area (Å²) in [5.74, 6) is 0.157. The van der Waals surface area contributed by atoms with Gasteiger partial charge in [0.15, 0.2) is 0 Å². The minimum absolute atomic E-state index is 0.0475. The molecule has 0 fully saturated rings. The van der Waals surface area contributed by atoms with E-state index in [1.807, 2.05) is 31.2 Å². The summed E-state index contributed by atoms with van der Waals surface area (Å²) in [4.78, 5) is 12.4. The topological polar surface area (TPSA) is 76.8 Å². The first-order chi connectivity index (χ1) is 12.8. The molecule has 1 aliphatic heterocycles. The molecule has 3 aromatic rings. The van der Waals surface area contributed by atoms with Gasteiger partial charge in [-0.25, -0.2) is 13.2 Å². The molecule has 0 aliphatic carbocycles. The van der Waals surface area contributed by atoms with Gasteiger partial charge in [-0.15, -0.1) is 0 Å². The molecule has 2 heterocycles. The normalized spacial score (nSPS) is 13.8. The first kappa shape index (κ1) is 17.6. The van der Waals surface area contributed by atoms with Crippen molar-refractivity contribution in [2.45, 2.75) is 20.0 Å². The molecule has 1 aromatic heterocycles. The number of benzene rings is 2. The fourth-order valence-corrected chi connectivity index (χ4v) is 4.38. The summed E-state index contributed by atoms with van der Waals surface area (Å²) in [7, 11) is -3.31. The minimum Gasteiger partial charge on any atom is -0.457 e. The molecular formula is C20H19NO5S. The predicted octanol–water partition coefficient (Wildman–Crippen LogP) is 3.42. The van der Waals surface area contributed by atoms with Crippen molar-refractivity contribution < 1.29 is 22.4 Å². The zero-order valence-corrected chi connectivity index (χ0v) is 15.9. The third-order valence-corrected chi connectivity index (χ3v) is 6.03. The average Bonchev–Trinajstić information content (AvgIpc) is 3.20. The highest BCUT2D eigenvalue weighted by atomic mass is 32.2. The Morgan fingerprint density at radius 3 is 2.74 bits per heavy atom. The Labute approximate surface area is 157 Å². The summed E-state index contributed by atoms with van der Waals surface area (Å²) >= 11 is 0. The lowest BCUT2D eigenvalue weighted by Crippen LogP contribution is -2.27. The van der Waals surface area contributed by atoms with Gasteiger partial charge in [-0.1, -0.05) is 18.2 Å². The summed E-state index contributed by atoms with van der Waals surface area (Å²) < 4.78 is 36.1. The van der Waals surface area contributed by atoms with Gasteiger partial charge in [0.2, 0.25) is 10.0 Å². The zero-order chi connectivity index (χ0) is 19.2. The van der Waals surface area contributed by atoms with E-state index in [-0.39, 0.29) is 6.61 Å². The van der Waals surface area contributed by atoms with Crippen LogP contribution in [0.1, 0.15) is 27.2 Å². The number of esters is 1. The number of anilines is 1. The van der Waals surface area contributed by atoms with E-state index >= 15 is 0 Å². The van der Waals surface area contributed by atoms with Crippen molar-refractivity contribution in [2.24, 2.45) is 0 Å². The molecule has 0 radical (unpaired) electrons. The molecular weight excluding hydrogens is 366 g/mol. The average molecular weight is 385 g/mol. The molecule has 0 amide bonds. The second-order valence-corrected chi connectivity index (χ2v) is 8.56. The van der Waals surface area contributed by atoms with E-state index in [1.165, 1.54) is 10.6 Å². The van der Waals surface area contributed by atoms with Gasteiger partial charge >= 0.3 is 5.97 Å². The number of ether oxygens (including phenoxy) is 1. The minimum atomic E-state index is -3.31. The van der Waals surface area contributed by atoms with E-state index in [0.717, 1.165) is 22.1 Å². The molecule has 27 heavy (non-hydrogen) atoms. The number of sulfonamides is 1. The van der Waals surface area contributed by atoms with Crippen LogP contribution in [0.25, 0.3) is 11.0 Å². The summed E-state index contributed by atoms with van der Waals surface area (Å²) in [5.41, 5.74) is 3.57. The van der Waals surface area contributed by atoms with Crippen LogP contribution < -0.4 is 4.31 Å². The second kappa shape index (κ2) is 6.42. The monoisotopic (exact) mass is 385 g/mol. The lowest BCUT2D eigenvalue weighted by Gasteiger charge is -2.16.